The van der Waals surface area contributed by atoms with Crippen LogP contribution in [0.15, 0.2) is 0 Å². The first kappa shape index (κ1) is 9.87. The molecule has 0 bridgehead atoms. The summed E-state index contributed by atoms with van der Waals surface area (Å²) in [4.78, 5) is 0. The van der Waals surface area contributed by atoms with Crippen LogP contribution in [0.4, 0.5) is 0 Å². The fourth-order valence-electron chi connectivity index (χ4n) is 0. The van der Waals surface area contributed by atoms with Crippen LogP contribution in [0.2, 0.25) is 0 Å². The molecule has 0 aromatic rings. The zero-order valence-electron chi connectivity index (χ0n) is 2.53. The van der Waals surface area contributed by atoms with E-state index in [9.17, 15) is 0 Å². The number of hydrogen-bond acceptors (Lipinski definition) is 2. The van der Waals surface area contributed by atoms with E-state index in [1.54, 1.807) is 0 Å². The summed E-state index contributed by atoms with van der Waals surface area (Å²) < 4.78 is 31.9. The Hall–Kier alpha value is 0.728. The monoisotopic (exact) mass is 244 g/mol. The van der Waals surface area contributed by atoms with Gasteiger partial charge in [-0.2, -0.15) is 0 Å². The standard InChI is InChI=1S/Mo.H2O4Se/c;1-5(2,3)4/h;(H2,1,2,3,4). The van der Waals surface area contributed by atoms with Gasteiger partial charge in [0.05, 0.1) is 0 Å². The van der Waals surface area contributed by atoms with Gasteiger partial charge >= 0.3 is 29.4 Å². The van der Waals surface area contributed by atoms with Gasteiger partial charge < -0.3 is 0 Å². The third-order valence-electron chi connectivity index (χ3n) is 0. The van der Waals surface area contributed by atoms with Crippen molar-refractivity contribution >= 4 is 13.4 Å². The molecule has 2 N–H and O–H groups in total. The summed E-state index contributed by atoms with van der Waals surface area (Å²) in [5.41, 5.74) is 0. The third kappa shape index (κ3) is 124. The van der Waals surface area contributed by atoms with Gasteiger partial charge in [-0.05, 0) is 0 Å². The van der Waals surface area contributed by atoms with Gasteiger partial charge in [0.25, 0.3) is 0 Å². The Labute approximate surface area is 50.7 Å². The van der Waals surface area contributed by atoms with Crippen LogP contribution in [-0.4, -0.2) is 21.7 Å². The maximum Gasteiger partial charge on any atom is 0 e. The van der Waals surface area contributed by atoms with Crippen LogP contribution in [-0.2, 0) is 28.7 Å². The van der Waals surface area contributed by atoms with Crippen molar-refractivity contribution in [3.8, 4) is 0 Å². The number of rotatable bonds is 0. The van der Waals surface area contributed by atoms with Gasteiger partial charge in [0.15, 0.2) is 0 Å². The van der Waals surface area contributed by atoms with Gasteiger partial charge in [0.2, 0.25) is 0 Å². The van der Waals surface area contributed by atoms with Crippen molar-refractivity contribution in [1.82, 2.24) is 0 Å². The Morgan fingerprint density at radius 1 is 1.17 bits per heavy atom. The first-order chi connectivity index (χ1) is 2.00. The predicted molar refractivity (Wildman–Crippen MR) is 11.6 cm³/mol. The van der Waals surface area contributed by atoms with E-state index in [1.807, 2.05) is 0 Å². The molecule has 0 saturated heterocycles. The molecule has 0 unspecified atom stereocenters. The normalized spacial score (nSPS) is 9.67. The van der Waals surface area contributed by atoms with Crippen LogP contribution in [0, 0.1) is 0 Å². The summed E-state index contributed by atoms with van der Waals surface area (Å²) in [5, 5.41) is 0. The van der Waals surface area contributed by atoms with E-state index < -0.39 is 13.4 Å². The molecule has 0 rings (SSSR count). The van der Waals surface area contributed by atoms with Crippen molar-refractivity contribution in [3.63, 3.8) is 0 Å². The van der Waals surface area contributed by atoms with Crippen LogP contribution in [0.1, 0.15) is 0 Å². The average Bonchev–Trinajstić information content (AvgIpc) is 0.722. The minimum Gasteiger partial charge on any atom is 0 e. The molecule has 0 spiro atoms. The first-order valence-electron chi connectivity index (χ1n) is 0.698. The van der Waals surface area contributed by atoms with Crippen molar-refractivity contribution in [3.05, 3.63) is 0 Å². The second-order valence-corrected chi connectivity index (χ2v) is 2.33. The quantitative estimate of drug-likeness (QED) is 0.494. The topological polar surface area (TPSA) is 74.6 Å². The Morgan fingerprint density at radius 2 is 1.17 bits per heavy atom. The van der Waals surface area contributed by atoms with Gasteiger partial charge in [-0.1, -0.05) is 0 Å². The Morgan fingerprint density at radius 3 is 1.17 bits per heavy atom. The SMILES string of the molecule is O=[Se](=O)(O)O.[Mo]. The van der Waals surface area contributed by atoms with Crippen LogP contribution < -0.4 is 0 Å². The van der Waals surface area contributed by atoms with E-state index in [-0.39, 0.29) is 21.1 Å². The van der Waals surface area contributed by atoms with Crippen LogP contribution in [0.5, 0.6) is 0 Å². The third-order valence-corrected chi connectivity index (χ3v) is 0. The van der Waals surface area contributed by atoms with E-state index >= 15 is 0 Å². The molecule has 0 aromatic carbocycles. The molecular formula is H2MoO4Se. The van der Waals surface area contributed by atoms with Crippen LogP contribution in [0.25, 0.3) is 0 Å². The van der Waals surface area contributed by atoms with Gasteiger partial charge in [-0.3, -0.25) is 0 Å². The van der Waals surface area contributed by atoms with Crippen molar-refractivity contribution in [1.29, 1.82) is 0 Å². The van der Waals surface area contributed by atoms with Crippen molar-refractivity contribution in [2.45, 2.75) is 0 Å². The maximum absolute atomic E-state index is 8.82. The molecule has 6 heteroatoms. The van der Waals surface area contributed by atoms with E-state index in [0.717, 1.165) is 0 Å². The molecule has 38 valence electrons. The molecule has 0 amide bonds. The van der Waals surface area contributed by atoms with Crippen molar-refractivity contribution < 1.29 is 37.1 Å². The van der Waals surface area contributed by atoms with Gasteiger partial charge in [-0.25, -0.2) is 0 Å². The number of hydrogen-bond donors (Lipinski definition) is 2. The maximum atomic E-state index is 8.82. The van der Waals surface area contributed by atoms with Gasteiger partial charge in [0.1, 0.15) is 0 Å². The molecule has 0 radical (unpaired) electrons. The summed E-state index contributed by atoms with van der Waals surface area (Å²) in [6.45, 7) is 0. The van der Waals surface area contributed by atoms with Crippen LogP contribution in [0.3, 0.4) is 0 Å². The molecule has 6 heavy (non-hydrogen) atoms. The summed E-state index contributed by atoms with van der Waals surface area (Å²) in [6, 6.07) is 0. The van der Waals surface area contributed by atoms with E-state index in [1.165, 1.54) is 0 Å². The fraction of sp³-hybridized carbons (Fsp3) is 0. The van der Waals surface area contributed by atoms with E-state index in [0.29, 0.717) is 0 Å². The van der Waals surface area contributed by atoms with Crippen LogP contribution >= 0.6 is 0 Å². The van der Waals surface area contributed by atoms with E-state index in [4.69, 9.17) is 16.0 Å². The molecule has 0 aliphatic rings. The largest absolute Gasteiger partial charge is 0 e. The van der Waals surface area contributed by atoms with E-state index in [2.05, 4.69) is 0 Å². The van der Waals surface area contributed by atoms with Crippen molar-refractivity contribution in [2.24, 2.45) is 0 Å². The average molecular weight is 241 g/mol. The smallest absolute Gasteiger partial charge is 0 e. The first-order valence-corrected chi connectivity index (χ1v) is 3.63. The minimum absolute atomic E-state index is 0. The second kappa shape index (κ2) is 2.83. The summed E-state index contributed by atoms with van der Waals surface area (Å²) in [7, 11) is 0. The molecular weight excluding hydrogens is 239 g/mol. The zero-order valence-corrected chi connectivity index (χ0v) is 6.25. The molecule has 0 saturated carbocycles. The Balaban J connectivity index is 0. The second-order valence-electron chi connectivity index (χ2n) is 0.448. The molecule has 0 heterocycles. The molecule has 0 aliphatic carbocycles. The zero-order chi connectivity index (χ0) is 4.50. The minimum atomic E-state index is -5.25. The molecule has 0 aliphatic heterocycles. The van der Waals surface area contributed by atoms with Gasteiger partial charge in [0, 0.05) is 21.1 Å². The van der Waals surface area contributed by atoms with Gasteiger partial charge in [-0.15, -0.1) is 0 Å². The fourth-order valence-corrected chi connectivity index (χ4v) is 0. The van der Waals surface area contributed by atoms with Crippen molar-refractivity contribution in [2.75, 3.05) is 0 Å². The summed E-state index contributed by atoms with van der Waals surface area (Å²) >= 11 is -5.25. The molecule has 0 atom stereocenters. The summed E-state index contributed by atoms with van der Waals surface area (Å²) in [5.74, 6) is 0. The Bertz CT molecular complexity index is 90.7. The Kier molecular flexibility index (Phi) is 4.66. The summed E-state index contributed by atoms with van der Waals surface area (Å²) in [6.07, 6.45) is 0. The predicted octanol–water partition coefficient (Wildman–Crippen LogP) is -1.73. The molecule has 4 nitrogen and oxygen atoms in total. The molecule has 0 aromatic heterocycles. The molecule has 0 fully saturated rings.